The first-order valence-electron chi connectivity index (χ1n) is 7.42. The molecule has 9 heteroatoms. The molecular weight excluding hydrogens is 394 g/mol. The zero-order valence-electron chi connectivity index (χ0n) is 13.3. The van der Waals surface area contributed by atoms with Crippen LogP contribution in [0.1, 0.15) is 16.1 Å². The van der Waals surface area contributed by atoms with E-state index in [2.05, 4.69) is 10.3 Å². The molecule has 0 aliphatic rings. The molecule has 26 heavy (non-hydrogen) atoms. The lowest BCUT2D eigenvalue weighted by Gasteiger charge is -2.05. The van der Waals surface area contributed by atoms with Gasteiger partial charge in [-0.05, 0) is 29.8 Å². The van der Waals surface area contributed by atoms with Crippen molar-refractivity contribution in [2.45, 2.75) is 5.75 Å². The van der Waals surface area contributed by atoms with Crippen molar-refractivity contribution in [3.63, 3.8) is 0 Å². The lowest BCUT2D eigenvalue weighted by molar-refractivity contribution is 0.102. The molecule has 0 radical (unpaired) electrons. The molecule has 3 N–H and O–H groups in total. The van der Waals surface area contributed by atoms with Gasteiger partial charge < -0.3 is 5.32 Å². The third-order valence-electron chi connectivity index (χ3n) is 3.41. The topological polar surface area (TPSA) is 102 Å². The van der Waals surface area contributed by atoms with Gasteiger partial charge in [-0.2, -0.15) is 0 Å². The molecule has 1 amide bonds. The van der Waals surface area contributed by atoms with E-state index in [0.29, 0.717) is 22.0 Å². The summed E-state index contributed by atoms with van der Waals surface area (Å²) in [6, 6.07) is 13.6. The summed E-state index contributed by atoms with van der Waals surface area (Å²) in [5.74, 6) is -0.599. The van der Waals surface area contributed by atoms with Gasteiger partial charge in [0, 0.05) is 21.7 Å². The SMILES string of the molecule is NS(=O)(=O)Cc1ccc(NC(=O)c2csc(-c3ccc(Cl)cc3)n2)cc1. The second kappa shape index (κ2) is 7.55. The number of nitrogens with two attached hydrogens (primary N) is 1. The fraction of sp³-hybridized carbons (Fsp3) is 0.0588. The summed E-state index contributed by atoms with van der Waals surface area (Å²) in [6.07, 6.45) is 0. The first-order chi connectivity index (χ1) is 12.3. The maximum Gasteiger partial charge on any atom is 0.275 e. The van der Waals surface area contributed by atoms with E-state index in [1.54, 1.807) is 41.8 Å². The van der Waals surface area contributed by atoms with E-state index in [1.807, 2.05) is 12.1 Å². The van der Waals surface area contributed by atoms with Gasteiger partial charge in [-0.1, -0.05) is 35.9 Å². The Balaban J connectivity index is 1.69. The summed E-state index contributed by atoms with van der Waals surface area (Å²) in [5.41, 5.74) is 2.26. The molecule has 0 aliphatic carbocycles. The number of amides is 1. The molecule has 0 fully saturated rings. The van der Waals surface area contributed by atoms with Crippen LogP contribution < -0.4 is 10.5 Å². The Hall–Kier alpha value is -2.26. The fourth-order valence-electron chi connectivity index (χ4n) is 2.21. The highest BCUT2D eigenvalue weighted by molar-refractivity contribution is 7.88. The van der Waals surface area contributed by atoms with Gasteiger partial charge in [0.1, 0.15) is 10.7 Å². The van der Waals surface area contributed by atoms with E-state index in [-0.39, 0.29) is 11.7 Å². The number of primary sulfonamides is 1. The molecule has 0 bridgehead atoms. The Labute approximate surface area is 159 Å². The molecule has 0 saturated carbocycles. The standard InChI is InChI=1S/C17H14ClN3O3S2/c18-13-5-3-12(4-6-13)17-21-15(9-25-17)16(22)20-14-7-1-11(2-8-14)10-26(19,23)24/h1-9H,10H2,(H,20,22)(H2,19,23,24). The summed E-state index contributed by atoms with van der Waals surface area (Å²) in [5, 5.41) is 10.8. The van der Waals surface area contributed by atoms with Gasteiger partial charge in [0.05, 0.1) is 5.75 Å². The molecule has 2 aromatic carbocycles. The molecule has 0 atom stereocenters. The van der Waals surface area contributed by atoms with Gasteiger partial charge in [-0.15, -0.1) is 11.3 Å². The average Bonchev–Trinajstić information content (AvgIpc) is 3.06. The summed E-state index contributed by atoms with van der Waals surface area (Å²) < 4.78 is 22.2. The van der Waals surface area contributed by atoms with Crippen molar-refractivity contribution in [2.24, 2.45) is 5.14 Å². The van der Waals surface area contributed by atoms with Crippen LogP contribution in [0.4, 0.5) is 5.69 Å². The third-order valence-corrected chi connectivity index (χ3v) is 5.29. The molecule has 0 spiro atoms. The Kier molecular flexibility index (Phi) is 5.38. The minimum Gasteiger partial charge on any atom is -0.321 e. The molecule has 3 aromatic rings. The third kappa shape index (κ3) is 4.89. The number of halogens is 1. The van der Waals surface area contributed by atoms with E-state index in [1.165, 1.54) is 11.3 Å². The van der Waals surface area contributed by atoms with Crippen LogP contribution in [0.25, 0.3) is 10.6 Å². The van der Waals surface area contributed by atoms with Crippen LogP contribution in [-0.4, -0.2) is 19.3 Å². The minimum atomic E-state index is -3.59. The van der Waals surface area contributed by atoms with Gasteiger partial charge in [-0.25, -0.2) is 18.5 Å². The van der Waals surface area contributed by atoms with Crippen LogP contribution in [-0.2, 0) is 15.8 Å². The van der Waals surface area contributed by atoms with Crippen LogP contribution in [0.3, 0.4) is 0 Å². The Morgan fingerprint density at radius 2 is 1.77 bits per heavy atom. The van der Waals surface area contributed by atoms with Crippen LogP contribution >= 0.6 is 22.9 Å². The summed E-state index contributed by atoms with van der Waals surface area (Å²) in [7, 11) is -3.59. The number of thiazole rings is 1. The Morgan fingerprint density at radius 1 is 1.12 bits per heavy atom. The lowest BCUT2D eigenvalue weighted by atomic mass is 10.2. The minimum absolute atomic E-state index is 0.252. The molecular formula is C17H14ClN3O3S2. The zero-order chi connectivity index (χ0) is 18.7. The van der Waals surface area contributed by atoms with Crippen molar-refractivity contribution >= 4 is 44.6 Å². The summed E-state index contributed by atoms with van der Waals surface area (Å²) in [4.78, 5) is 16.7. The highest BCUT2D eigenvalue weighted by Gasteiger charge is 2.12. The smallest absolute Gasteiger partial charge is 0.275 e. The van der Waals surface area contributed by atoms with Gasteiger partial charge in [0.15, 0.2) is 0 Å². The molecule has 0 unspecified atom stereocenters. The van der Waals surface area contributed by atoms with Crippen LogP contribution in [0, 0.1) is 0 Å². The average molecular weight is 408 g/mol. The highest BCUT2D eigenvalue weighted by Crippen LogP contribution is 2.25. The number of benzene rings is 2. The van der Waals surface area contributed by atoms with Gasteiger partial charge in [-0.3, -0.25) is 4.79 Å². The second-order valence-electron chi connectivity index (χ2n) is 5.50. The Bertz CT molecular complexity index is 1030. The molecule has 3 rings (SSSR count). The van der Waals surface area contributed by atoms with Gasteiger partial charge in [0.25, 0.3) is 5.91 Å². The molecule has 0 saturated heterocycles. The number of aromatic nitrogens is 1. The monoisotopic (exact) mass is 407 g/mol. The molecule has 134 valence electrons. The predicted molar refractivity (Wildman–Crippen MR) is 104 cm³/mol. The summed E-state index contributed by atoms with van der Waals surface area (Å²) >= 11 is 7.23. The highest BCUT2D eigenvalue weighted by atomic mass is 35.5. The van der Waals surface area contributed by atoms with E-state index in [4.69, 9.17) is 16.7 Å². The molecule has 6 nitrogen and oxygen atoms in total. The number of nitrogens with one attached hydrogen (secondary N) is 1. The number of sulfonamides is 1. The Morgan fingerprint density at radius 3 is 2.38 bits per heavy atom. The normalized spacial score (nSPS) is 11.3. The van der Waals surface area contributed by atoms with Crippen LogP contribution in [0.5, 0.6) is 0 Å². The maximum atomic E-state index is 12.3. The van der Waals surface area contributed by atoms with E-state index in [9.17, 15) is 13.2 Å². The maximum absolute atomic E-state index is 12.3. The van der Waals surface area contributed by atoms with Crippen molar-refractivity contribution in [3.05, 3.63) is 70.2 Å². The molecule has 1 aromatic heterocycles. The van der Waals surface area contributed by atoms with E-state index >= 15 is 0 Å². The zero-order valence-corrected chi connectivity index (χ0v) is 15.7. The van der Waals surface area contributed by atoms with Gasteiger partial charge in [0.2, 0.25) is 10.0 Å². The number of carbonyl (C=O) groups excluding carboxylic acids is 1. The van der Waals surface area contributed by atoms with Crippen molar-refractivity contribution in [1.29, 1.82) is 0 Å². The summed E-state index contributed by atoms with van der Waals surface area (Å²) in [6.45, 7) is 0. The number of carbonyl (C=O) groups is 1. The second-order valence-corrected chi connectivity index (χ2v) is 8.41. The quantitative estimate of drug-likeness (QED) is 0.675. The number of anilines is 1. The van der Waals surface area contributed by atoms with Crippen molar-refractivity contribution < 1.29 is 13.2 Å². The lowest BCUT2D eigenvalue weighted by Crippen LogP contribution is -2.15. The van der Waals surface area contributed by atoms with Crippen molar-refractivity contribution in [3.8, 4) is 10.6 Å². The number of hydrogen-bond acceptors (Lipinski definition) is 5. The van der Waals surface area contributed by atoms with Crippen LogP contribution in [0.2, 0.25) is 5.02 Å². The van der Waals surface area contributed by atoms with Gasteiger partial charge >= 0.3 is 0 Å². The predicted octanol–water partition coefficient (Wildman–Crippen LogP) is 3.50. The number of rotatable bonds is 5. The number of hydrogen-bond donors (Lipinski definition) is 2. The van der Waals surface area contributed by atoms with Crippen molar-refractivity contribution in [2.75, 3.05) is 5.32 Å². The first kappa shape index (κ1) is 18.5. The molecule has 1 heterocycles. The van der Waals surface area contributed by atoms with E-state index in [0.717, 1.165) is 10.6 Å². The van der Waals surface area contributed by atoms with Crippen molar-refractivity contribution in [1.82, 2.24) is 4.98 Å². The largest absolute Gasteiger partial charge is 0.321 e. The number of nitrogens with zero attached hydrogens (tertiary/aromatic N) is 1. The van der Waals surface area contributed by atoms with E-state index < -0.39 is 10.0 Å². The first-order valence-corrected chi connectivity index (χ1v) is 10.4. The molecule has 0 aliphatic heterocycles. The fourth-order valence-corrected chi connectivity index (χ4v) is 3.80. The van der Waals surface area contributed by atoms with Crippen LogP contribution in [0.15, 0.2) is 53.9 Å².